The van der Waals surface area contributed by atoms with Crippen LogP contribution in [0.1, 0.15) is 16.8 Å². The molecule has 1 saturated heterocycles. The van der Waals surface area contributed by atoms with Crippen molar-refractivity contribution in [3.8, 4) is 0 Å². The van der Waals surface area contributed by atoms with Crippen LogP contribution in [0.25, 0.3) is 0 Å². The second-order valence-electron chi connectivity index (χ2n) is 3.95. The van der Waals surface area contributed by atoms with Crippen molar-refractivity contribution in [3.05, 3.63) is 34.6 Å². The van der Waals surface area contributed by atoms with E-state index in [0.29, 0.717) is 13.2 Å². The van der Waals surface area contributed by atoms with Crippen molar-refractivity contribution < 1.29 is 13.9 Å². The Labute approximate surface area is 104 Å². The minimum atomic E-state index is -0.578. The van der Waals surface area contributed by atoms with Gasteiger partial charge in [0.1, 0.15) is 5.82 Å². The Morgan fingerprint density at radius 3 is 3.06 bits per heavy atom. The van der Waals surface area contributed by atoms with Gasteiger partial charge in [-0.15, -0.1) is 0 Å². The molecule has 0 saturated carbocycles. The summed E-state index contributed by atoms with van der Waals surface area (Å²) in [5, 5.41) is 3.41. The minimum absolute atomic E-state index is 0.0728. The standard InChI is InChI=1S/C12H13ClFNO2/c13-8-1-2-10(11(14)5-8)12(16)6-9-7-15-3-4-17-9/h1-2,5,9,15H,3-4,6-7H2. The van der Waals surface area contributed by atoms with E-state index in [0.717, 1.165) is 12.6 Å². The van der Waals surface area contributed by atoms with Gasteiger partial charge in [0, 0.05) is 24.5 Å². The molecule has 1 aromatic rings. The first-order valence-electron chi connectivity index (χ1n) is 5.47. The van der Waals surface area contributed by atoms with Crippen molar-refractivity contribution in [2.24, 2.45) is 0 Å². The van der Waals surface area contributed by atoms with E-state index in [1.54, 1.807) is 0 Å². The Bertz CT molecular complexity index is 419. The Morgan fingerprint density at radius 2 is 2.41 bits per heavy atom. The molecular weight excluding hydrogens is 245 g/mol. The number of hydrogen-bond donors (Lipinski definition) is 1. The van der Waals surface area contributed by atoms with Crippen LogP contribution >= 0.6 is 11.6 Å². The molecule has 2 rings (SSSR count). The van der Waals surface area contributed by atoms with E-state index in [1.165, 1.54) is 12.1 Å². The highest BCUT2D eigenvalue weighted by Crippen LogP contribution is 2.17. The molecule has 1 heterocycles. The Kier molecular flexibility index (Phi) is 4.10. The first kappa shape index (κ1) is 12.5. The fraction of sp³-hybridized carbons (Fsp3) is 0.417. The number of Topliss-reactive ketones (excluding diaryl/α,β-unsaturated/α-hetero) is 1. The zero-order chi connectivity index (χ0) is 12.3. The molecular formula is C12H13ClFNO2. The first-order chi connectivity index (χ1) is 8.16. The molecule has 1 atom stereocenters. The molecule has 5 heteroatoms. The van der Waals surface area contributed by atoms with Crippen molar-refractivity contribution >= 4 is 17.4 Å². The lowest BCUT2D eigenvalue weighted by molar-refractivity contribution is 0.0239. The van der Waals surface area contributed by atoms with Gasteiger partial charge < -0.3 is 10.1 Å². The topological polar surface area (TPSA) is 38.3 Å². The van der Waals surface area contributed by atoms with Crippen LogP contribution in [0.15, 0.2) is 18.2 Å². The van der Waals surface area contributed by atoms with E-state index in [1.807, 2.05) is 0 Å². The van der Waals surface area contributed by atoms with Gasteiger partial charge in [0.05, 0.1) is 18.3 Å². The zero-order valence-electron chi connectivity index (χ0n) is 9.21. The predicted octanol–water partition coefficient (Wildman–Crippen LogP) is 2.04. The van der Waals surface area contributed by atoms with Crippen LogP contribution in [0.2, 0.25) is 5.02 Å². The van der Waals surface area contributed by atoms with Crippen molar-refractivity contribution in [3.63, 3.8) is 0 Å². The van der Waals surface area contributed by atoms with Crippen LogP contribution in [0, 0.1) is 5.82 Å². The number of carbonyl (C=O) groups is 1. The fourth-order valence-corrected chi connectivity index (χ4v) is 1.94. The number of ether oxygens (including phenoxy) is 1. The van der Waals surface area contributed by atoms with Crippen LogP contribution in [0.5, 0.6) is 0 Å². The molecule has 0 amide bonds. The molecule has 0 radical (unpaired) electrons. The lowest BCUT2D eigenvalue weighted by atomic mass is 10.0. The Balaban J connectivity index is 2.03. The van der Waals surface area contributed by atoms with Crippen LogP contribution in [-0.4, -0.2) is 31.6 Å². The van der Waals surface area contributed by atoms with Crippen LogP contribution in [0.3, 0.4) is 0 Å². The summed E-state index contributed by atoms with van der Waals surface area (Å²) >= 11 is 5.63. The van der Waals surface area contributed by atoms with E-state index < -0.39 is 5.82 Å². The molecule has 0 aromatic heterocycles. The highest BCUT2D eigenvalue weighted by Gasteiger charge is 2.20. The van der Waals surface area contributed by atoms with Gasteiger partial charge in [-0.1, -0.05) is 11.6 Å². The number of morpholine rings is 1. The highest BCUT2D eigenvalue weighted by atomic mass is 35.5. The molecule has 0 spiro atoms. The fourth-order valence-electron chi connectivity index (χ4n) is 1.78. The van der Waals surface area contributed by atoms with Crippen LogP contribution in [-0.2, 0) is 4.74 Å². The Morgan fingerprint density at radius 1 is 1.59 bits per heavy atom. The lowest BCUT2D eigenvalue weighted by Gasteiger charge is -2.22. The van der Waals surface area contributed by atoms with Crippen molar-refractivity contribution in [2.75, 3.05) is 19.7 Å². The number of hydrogen-bond acceptors (Lipinski definition) is 3. The molecule has 17 heavy (non-hydrogen) atoms. The maximum Gasteiger partial charge on any atom is 0.168 e. The summed E-state index contributed by atoms with van der Waals surface area (Å²) in [6.07, 6.45) is 0.0114. The van der Waals surface area contributed by atoms with E-state index in [9.17, 15) is 9.18 Å². The smallest absolute Gasteiger partial charge is 0.168 e. The molecule has 92 valence electrons. The summed E-state index contributed by atoms with van der Waals surface area (Å²) in [7, 11) is 0. The van der Waals surface area contributed by atoms with Crippen molar-refractivity contribution in [1.29, 1.82) is 0 Å². The zero-order valence-corrected chi connectivity index (χ0v) is 9.97. The summed E-state index contributed by atoms with van der Waals surface area (Å²) < 4.78 is 18.9. The van der Waals surface area contributed by atoms with E-state index in [4.69, 9.17) is 16.3 Å². The number of ketones is 1. The second kappa shape index (κ2) is 5.58. The summed E-state index contributed by atoms with van der Waals surface area (Å²) in [6, 6.07) is 4.07. The lowest BCUT2D eigenvalue weighted by Crippen LogP contribution is -2.39. The molecule has 1 unspecified atom stereocenters. The van der Waals surface area contributed by atoms with E-state index in [-0.39, 0.29) is 28.9 Å². The monoisotopic (exact) mass is 257 g/mol. The molecule has 1 aliphatic heterocycles. The maximum atomic E-state index is 13.5. The first-order valence-corrected chi connectivity index (χ1v) is 5.85. The van der Waals surface area contributed by atoms with Gasteiger partial charge >= 0.3 is 0 Å². The third kappa shape index (κ3) is 3.25. The van der Waals surface area contributed by atoms with Gasteiger partial charge in [-0.2, -0.15) is 0 Å². The minimum Gasteiger partial charge on any atom is -0.375 e. The third-order valence-corrected chi connectivity index (χ3v) is 2.88. The average Bonchev–Trinajstić information content (AvgIpc) is 2.30. The molecule has 0 bridgehead atoms. The molecule has 0 aliphatic carbocycles. The molecule has 1 fully saturated rings. The second-order valence-corrected chi connectivity index (χ2v) is 4.38. The normalized spacial score (nSPS) is 20.2. The summed E-state index contributed by atoms with van der Waals surface area (Å²) in [4.78, 5) is 11.9. The van der Waals surface area contributed by atoms with Gasteiger partial charge in [0.25, 0.3) is 0 Å². The summed E-state index contributed by atoms with van der Waals surface area (Å²) in [5.74, 6) is -0.834. The molecule has 1 aliphatic rings. The van der Waals surface area contributed by atoms with Gasteiger partial charge in [-0.3, -0.25) is 4.79 Å². The molecule has 1 N–H and O–H groups in total. The number of benzene rings is 1. The number of halogens is 2. The Hall–Kier alpha value is -0.970. The number of nitrogens with one attached hydrogen (secondary N) is 1. The predicted molar refractivity (Wildman–Crippen MR) is 63.0 cm³/mol. The van der Waals surface area contributed by atoms with Crippen molar-refractivity contribution in [1.82, 2.24) is 5.32 Å². The summed E-state index contributed by atoms with van der Waals surface area (Å²) in [6.45, 7) is 2.00. The van der Waals surface area contributed by atoms with E-state index in [2.05, 4.69) is 5.32 Å². The maximum absolute atomic E-state index is 13.5. The van der Waals surface area contributed by atoms with Gasteiger partial charge in [0.15, 0.2) is 5.78 Å². The SMILES string of the molecule is O=C(CC1CNCCO1)c1ccc(Cl)cc1F. The van der Waals surface area contributed by atoms with Crippen LogP contribution in [0.4, 0.5) is 4.39 Å². The third-order valence-electron chi connectivity index (χ3n) is 2.65. The highest BCUT2D eigenvalue weighted by molar-refractivity contribution is 6.30. The van der Waals surface area contributed by atoms with Gasteiger partial charge in [0.2, 0.25) is 0 Å². The average molecular weight is 258 g/mol. The van der Waals surface area contributed by atoms with E-state index >= 15 is 0 Å². The van der Waals surface area contributed by atoms with Gasteiger partial charge in [-0.05, 0) is 18.2 Å². The van der Waals surface area contributed by atoms with Gasteiger partial charge in [-0.25, -0.2) is 4.39 Å². The molecule has 3 nitrogen and oxygen atoms in total. The number of carbonyl (C=O) groups excluding carboxylic acids is 1. The quantitative estimate of drug-likeness (QED) is 0.843. The van der Waals surface area contributed by atoms with Crippen molar-refractivity contribution in [2.45, 2.75) is 12.5 Å². The van der Waals surface area contributed by atoms with Crippen LogP contribution < -0.4 is 5.32 Å². The number of rotatable bonds is 3. The molecule has 1 aromatic carbocycles. The summed E-state index contributed by atoms with van der Waals surface area (Å²) in [5.41, 5.74) is 0.0728. The largest absolute Gasteiger partial charge is 0.375 e.